The minimum Gasteiger partial charge on any atom is -0.360 e. The van der Waals surface area contributed by atoms with Gasteiger partial charge < -0.3 is 5.32 Å². The van der Waals surface area contributed by atoms with Gasteiger partial charge in [-0.3, -0.25) is 0 Å². The lowest BCUT2D eigenvalue weighted by atomic mass is 10.3. The average Bonchev–Trinajstić information content (AvgIpc) is 2.78. The summed E-state index contributed by atoms with van der Waals surface area (Å²) in [5.74, 6) is 0.669. The van der Waals surface area contributed by atoms with Crippen LogP contribution in [-0.2, 0) is 0 Å². The molecule has 2 heterocycles. The van der Waals surface area contributed by atoms with Crippen LogP contribution >= 0.6 is 38.9 Å². The van der Waals surface area contributed by atoms with Crippen LogP contribution in [-0.4, -0.2) is 15.0 Å². The van der Waals surface area contributed by atoms with Crippen LogP contribution in [0.1, 0.15) is 18.0 Å². The minimum absolute atomic E-state index is 0.0854. The Morgan fingerprint density at radius 1 is 1.44 bits per heavy atom. The second kappa shape index (κ2) is 5.07. The SMILES string of the molecule is CC(Nc1ncnc(Cl)c1Br)c1nccs1. The third-order valence-corrected chi connectivity index (χ3v) is 4.15. The van der Waals surface area contributed by atoms with E-state index < -0.39 is 0 Å². The van der Waals surface area contributed by atoms with E-state index in [9.17, 15) is 0 Å². The molecule has 2 rings (SSSR count). The molecule has 2 aromatic rings. The fourth-order valence-corrected chi connectivity index (χ4v) is 2.26. The van der Waals surface area contributed by atoms with Gasteiger partial charge in [0, 0.05) is 11.6 Å². The van der Waals surface area contributed by atoms with E-state index in [1.54, 1.807) is 17.5 Å². The minimum atomic E-state index is 0.0854. The van der Waals surface area contributed by atoms with Crippen LogP contribution in [0, 0.1) is 0 Å². The van der Waals surface area contributed by atoms with E-state index in [2.05, 4.69) is 36.2 Å². The molecule has 0 radical (unpaired) electrons. The number of hydrogen-bond acceptors (Lipinski definition) is 5. The summed E-state index contributed by atoms with van der Waals surface area (Å²) in [6.07, 6.45) is 3.20. The number of rotatable bonds is 3. The lowest BCUT2D eigenvalue weighted by Crippen LogP contribution is -2.08. The van der Waals surface area contributed by atoms with E-state index in [0.717, 1.165) is 5.01 Å². The fraction of sp³-hybridized carbons (Fsp3) is 0.222. The highest BCUT2D eigenvalue weighted by Gasteiger charge is 2.12. The van der Waals surface area contributed by atoms with Crippen LogP contribution in [0.4, 0.5) is 5.82 Å². The van der Waals surface area contributed by atoms with Crippen molar-refractivity contribution in [3.63, 3.8) is 0 Å². The van der Waals surface area contributed by atoms with E-state index in [-0.39, 0.29) is 6.04 Å². The summed E-state index contributed by atoms with van der Waals surface area (Å²) in [6, 6.07) is 0.0854. The topological polar surface area (TPSA) is 50.7 Å². The van der Waals surface area contributed by atoms with Crippen LogP contribution in [0.25, 0.3) is 0 Å². The van der Waals surface area contributed by atoms with Crippen LogP contribution in [0.2, 0.25) is 5.15 Å². The summed E-state index contributed by atoms with van der Waals surface area (Å²) in [5.41, 5.74) is 0. The summed E-state index contributed by atoms with van der Waals surface area (Å²) < 4.78 is 0.667. The summed E-state index contributed by atoms with van der Waals surface area (Å²) in [5, 5.41) is 6.55. The highest BCUT2D eigenvalue weighted by molar-refractivity contribution is 9.10. The van der Waals surface area contributed by atoms with Crippen molar-refractivity contribution in [3.05, 3.63) is 32.5 Å². The van der Waals surface area contributed by atoms with Crippen molar-refractivity contribution in [2.24, 2.45) is 0 Å². The zero-order chi connectivity index (χ0) is 11.5. The van der Waals surface area contributed by atoms with Crippen molar-refractivity contribution in [2.45, 2.75) is 13.0 Å². The first-order chi connectivity index (χ1) is 7.68. The Balaban J connectivity index is 2.18. The molecule has 2 aromatic heterocycles. The summed E-state index contributed by atoms with van der Waals surface area (Å²) in [6.45, 7) is 2.02. The molecule has 0 bridgehead atoms. The molecule has 0 amide bonds. The van der Waals surface area contributed by atoms with Gasteiger partial charge in [-0.1, -0.05) is 11.6 Å². The van der Waals surface area contributed by atoms with Gasteiger partial charge in [-0.2, -0.15) is 0 Å². The Hall–Kier alpha value is -0.720. The molecule has 84 valence electrons. The second-order valence-corrected chi connectivity index (χ2v) is 5.14. The number of thiazole rings is 1. The summed E-state index contributed by atoms with van der Waals surface area (Å²) >= 11 is 10.8. The van der Waals surface area contributed by atoms with Crippen molar-refractivity contribution >= 4 is 44.7 Å². The summed E-state index contributed by atoms with van der Waals surface area (Å²) in [4.78, 5) is 12.2. The van der Waals surface area contributed by atoms with Crippen molar-refractivity contribution < 1.29 is 0 Å². The van der Waals surface area contributed by atoms with E-state index in [1.165, 1.54) is 6.33 Å². The van der Waals surface area contributed by atoms with Gasteiger partial charge in [-0.25, -0.2) is 15.0 Å². The molecule has 16 heavy (non-hydrogen) atoms. The zero-order valence-corrected chi connectivity index (χ0v) is 11.5. The molecule has 0 aliphatic carbocycles. The Morgan fingerprint density at radius 2 is 2.25 bits per heavy atom. The third kappa shape index (κ3) is 2.50. The molecule has 1 atom stereocenters. The standard InChI is InChI=1S/C9H8BrClN4S/c1-5(9-12-2-3-16-9)15-8-6(10)7(11)13-4-14-8/h2-5H,1H3,(H,13,14,15). The van der Waals surface area contributed by atoms with E-state index >= 15 is 0 Å². The molecule has 0 saturated heterocycles. The number of anilines is 1. The van der Waals surface area contributed by atoms with Gasteiger partial charge in [0.25, 0.3) is 0 Å². The predicted octanol–water partition coefficient (Wildman–Crippen LogP) is 3.52. The van der Waals surface area contributed by atoms with Crippen LogP contribution in [0.15, 0.2) is 22.4 Å². The molecule has 1 unspecified atom stereocenters. The van der Waals surface area contributed by atoms with Gasteiger partial charge in [0.2, 0.25) is 0 Å². The van der Waals surface area contributed by atoms with Gasteiger partial charge >= 0.3 is 0 Å². The van der Waals surface area contributed by atoms with Crippen molar-refractivity contribution in [1.29, 1.82) is 0 Å². The lowest BCUT2D eigenvalue weighted by Gasteiger charge is -2.12. The van der Waals surface area contributed by atoms with Gasteiger partial charge in [0.05, 0.1) is 10.5 Å². The van der Waals surface area contributed by atoms with Crippen molar-refractivity contribution in [3.8, 4) is 0 Å². The third-order valence-electron chi connectivity index (χ3n) is 1.92. The highest BCUT2D eigenvalue weighted by Crippen LogP contribution is 2.29. The normalized spacial score (nSPS) is 12.4. The number of hydrogen-bond donors (Lipinski definition) is 1. The first-order valence-electron chi connectivity index (χ1n) is 4.50. The number of nitrogens with one attached hydrogen (secondary N) is 1. The molecule has 0 aliphatic rings. The van der Waals surface area contributed by atoms with Crippen LogP contribution in [0.3, 0.4) is 0 Å². The quantitative estimate of drug-likeness (QED) is 0.879. The molecule has 0 spiro atoms. The first-order valence-corrected chi connectivity index (χ1v) is 6.55. The molecule has 4 nitrogen and oxygen atoms in total. The maximum Gasteiger partial charge on any atom is 0.148 e. The largest absolute Gasteiger partial charge is 0.360 e. The van der Waals surface area contributed by atoms with E-state index in [0.29, 0.717) is 15.4 Å². The van der Waals surface area contributed by atoms with E-state index in [4.69, 9.17) is 11.6 Å². The Kier molecular flexibility index (Phi) is 3.73. The van der Waals surface area contributed by atoms with Crippen LogP contribution in [0.5, 0.6) is 0 Å². The maximum atomic E-state index is 5.87. The van der Waals surface area contributed by atoms with Gasteiger partial charge in [0.1, 0.15) is 22.3 Å². The maximum absolute atomic E-state index is 5.87. The van der Waals surface area contributed by atoms with Gasteiger partial charge in [-0.05, 0) is 22.9 Å². The van der Waals surface area contributed by atoms with Gasteiger partial charge in [-0.15, -0.1) is 11.3 Å². The second-order valence-electron chi connectivity index (χ2n) is 3.06. The number of nitrogens with zero attached hydrogens (tertiary/aromatic N) is 3. The Bertz CT molecular complexity index is 476. The first kappa shape index (κ1) is 11.8. The molecule has 0 saturated carbocycles. The monoisotopic (exact) mass is 318 g/mol. The van der Waals surface area contributed by atoms with Crippen molar-refractivity contribution in [1.82, 2.24) is 15.0 Å². The smallest absolute Gasteiger partial charge is 0.148 e. The Labute approximate surface area is 110 Å². The molecular weight excluding hydrogens is 312 g/mol. The van der Waals surface area contributed by atoms with E-state index in [1.807, 2.05) is 12.3 Å². The highest BCUT2D eigenvalue weighted by atomic mass is 79.9. The lowest BCUT2D eigenvalue weighted by molar-refractivity contribution is 0.856. The fourth-order valence-electron chi connectivity index (χ4n) is 1.16. The molecule has 0 aromatic carbocycles. The molecule has 0 aliphatic heterocycles. The zero-order valence-electron chi connectivity index (χ0n) is 8.32. The van der Waals surface area contributed by atoms with Gasteiger partial charge in [0.15, 0.2) is 0 Å². The number of aromatic nitrogens is 3. The molecular formula is C9H8BrClN4S. The van der Waals surface area contributed by atoms with Crippen molar-refractivity contribution in [2.75, 3.05) is 5.32 Å². The molecule has 1 N–H and O–H groups in total. The molecule has 7 heteroatoms. The Morgan fingerprint density at radius 3 is 2.94 bits per heavy atom. The predicted molar refractivity (Wildman–Crippen MR) is 68.9 cm³/mol. The number of halogens is 2. The molecule has 0 fully saturated rings. The van der Waals surface area contributed by atoms with Crippen LogP contribution < -0.4 is 5.32 Å². The average molecular weight is 320 g/mol. The summed E-state index contributed by atoms with van der Waals surface area (Å²) in [7, 11) is 0.